The van der Waals surface area contributed by atoms with Crippen molar-refractivity contribution in [1.82, 2.24) is 16.1 Å². The zero-order valence-corrected chi connectivity index (χ0v) is 27.7. The van der Waals surface area contributed by atoms with Gasteiger partial charge in [0.1, 0.15) is 24.8 Å². The summed E-state index contributed by atoms with van der Waals surface area (Å²) >= 11 is 6.94. The van der Waals surface area contributed by atoms with Crippen molar-refractivity contribution in [3.8, 4) is 17.2 Å². The predicted octanol–water partition coefficient (Wildman–Crippen LogP) is 5.45. The summed E-state index contributed by atoms with van der Waals surface area (Å²) < 4.78 is 37.4. The van der Waals surface area contributed by atoms with E-state index in [2.05, 4.69) is 53.0 Å². The molecule has 0 spiro atoms. The Kier molecular flexibility index (Phi) is 11.8. The van der Waals surface area contributed by atoms with Gasteiger partial charge in [-0.3, -0.25) is 5.43 Å². The van der Waals surface area contributed by atoms with Crippen LogP contribution in [0.1, 0.15) is 36.6 Å². The number of ether oxygens (including phenoxy) is 4. The molecule has 45 heavy (non-hydrogen) atoms. The zero-order valence-electron chi connectivity index (χ0n) is 24.5. The summed E-state index contributed by atoms with van der Waals surface area (Å²) in [4.78, 5) is 24.6. The fraction of sp³-hybridized carbons (Fsp3) is 0.258. The third-order valence-corrected chi connectivity index (χ3v) is 7.64. The molecule has 1 aliphatic rings. The van der Waals surface area contributed by atoms with E-state index in [1.165, 1.54) is 19.4 Å². The predicted molar refractivity (Wildman–Crippen MR) is 172 cm³/mol. The Morgan fingerprint density at radius 1 is 1.11 bits per heavy atom. The number of hydrogen-bond acceptors (Lipinski definition) is 9. The first-order valence-corrected chi connectivity index (χ1v) is 15.3. The van der Waals surface area contributed by atoms with Crippen LogP contribution < -0.4 is 30.3 Å². The van der Waals surface area contributed by atoms with Crippen LogP contribution in [0.4, 0.5) is 9.18 Å². The Hall–Kier alpha value is -4.14. The van der Waals surface area contributed by atoms with Gasteiger partial charge in [0.15, 0.2) is 17.7 Å². The molecule has 0 aromatic heterocycles. The van der Waals surface area contributed by atoms with Crippen molar-refractivity contribution in [2.75, 3.05) is 20.3 Å². The van der Waals surface area contributed by atoms with Crippen LogP contribution in [0.3, 0.4) is 0 Å². The minimum atomic E-state index is -1.18. The number of halogens is 3. The molecule has 238 valence electrons. The number of aliphatic hydroxyl groups excluding tert-OH is 1. The first-order valence-electron chi connectivity index (χ1n) is 13.7. The second kappa shape index (κ2) is 15.7. The molecule has 4 rings (SSSR count). The normalized spacial score (nSPS) is 15.3. The number of hydrogen-bond donors (Lipinski definition) is 4. The van der Waals surface area contributed by atoms with Gasteiger partial charge >= 0.3 is 12.0 Å². The van der Waals surface area contributed by atoms with Crippen LogP contribution in [0.5, 0.6) is 17.2 Å². The van der Waals surface area contributed by atoms with E-state index < -0.39 is 24.3 Å². The first-order chi connectivity index (χ1) is 21.6. The first kappa shape index (κ1) is 33.7. The molecule has 11 nitrogen and oxygen atoms in total. The summed E-state index contributed by atoms with van der Waals surface area (Å²) in [7, 11) is 1.27. The van der Waals surface area contributed by atoms with E-state index in [0.29, 0.717) is 55.2 Å². The third kappa shape index (κ3) is 8.74. The van der Waals surface area contributed by atoms with Crippen molar-refractivity contribution in [3.63, 3.8) is 0 Å². The highest BCUT2D eigenvalue weighted by Gasteiger charge is 2.32. The molecular weight excluding hydrogens is 719 g/mol. The van der Waals surface area contributed by atoms with Gasteiger partial charge in [-0.25, -0.2) is 14.0 Å². The van der Waals surface area contributed by atoms with Gasteiger partial charge in [0.05, 0.1) is 40.5 Å². The number of carbonyl (C=O) groups excluding carboxylic acids is 2. The van der Waals surface area contributed by atoms with E-state index in [-0.39, 0.29) is 24.6 Å². The van der Waals surface area contributed by atoms with E-state index in [1.807, 2.05) is 0 Å². The number of rotatable bonds is 13. The molecule has 0 bridgehead atoms. The maximum absolute atomic E-state index is 13.9. The molecule has 3 aromatic rings. The summed E-state index contributed by atoms with van der Waals surface area (Å²) in [5, 5.41) is 19.8. The maximum Gasteiger partial charge on any atom is 0.337 e. The van der Waals surface area contributed by atoms with E-state index in [1.54, 1.807) is 62.4 Å². The van der Waals surface area contributed by atoms with Gasteiger partial charge in [-0.15, -0.1) is 0 Å². The quantitative estimate of drug-likeness (QED) is 0.0784. The number of aliphatic hydroxyl groups is 1. The fourth-order valence-corrected chi connectivity index (χ4v) is 5.83. The van der Waals surface area contributed by atoms with Crippen LogP contribution in [0.15, 0.2) is 79.9 Å². The van der Waals surface area contributed by atoms with Gasteiger partial charge in [-0.05, 0) is 87.2 Å². The largest absolute Gasteiger partial charge is 0.490 e. The number of esters is 1. The Labute approximate surface area is 276 Å². The lowest BCUT2D eigenvalue weighted by molar-refractivity contribution is -0.136. The number of amides is 2. The highest BCUT2D eigenvalue weighted by atomic mass is 79.9. The monoisotopic (exact) mass is 748 g/mol. The van der Waals surface area contributed by atoms with E-state index in [0.717, 1.165) is 0 Å². The molecule has 0 unspecified atom stereocenters. The lowest BCUT2D eigenvalue weighted by atomic mass is 9.95. The zero-order chi connectivity index (χ0) is 32.5. The molecule has 1 heterocycles. The topological polar surface area (TPSA) is 140 Å². The molecule has 2 atom stereocenters. The van der Waals surface area contributed by atoms with Crippen molar-refractivity contribution in [3.05, 3.63) is 97.3 Å². The molecule has 2 amide bonds. The van der Waals surface area contributed by atoms with Gasteiger partial charge in [0.2, 0.25) is 0 Å². The molecular formula is C31H31Br2FN4O7. The fourth-order valence-electron chi connectivity index (χ4n) is 4.38. The van der Waals surface area contributed by atoms with Crippen molar-refractivity contribution in [1.29, 1.82) is 0 Å². The molecule has 0 saturated carbocycles. The van der Waals surface area contributed by atoms with Gasteiger partial charge in [0.25, 0.3) is 0 Å². The molecule has 0 aliphatic carbocycles. The second-order valence-electron chi connectivity index (χ2n) is 9.61. The average molecular weight is 750 g/mol. The lowest BCUT2D eigenvalue weighted by Gasteiger charge is -2.28. The second-order valence-corrected chi connectivity index (χ2v) is 11.3. The van der Waals surface area contributed by atoms with Gasteiger partial charge in [-0.2, -0.15) is 5.10 Å². The molecule has 0 fully saturated rings. The average Bonchev–Trinajstić information content (AvgIpc) is 3.00. The van der Waals surface area contributed by atoms with E-state index in [4.69, 9.17) is 18.9 Å². The van der Waals surface area contributed by atoms with Crippen LogP contribution in [0.2, 0.25) is 0 Å². The lowest BCUT2D eigenvalue weighted by Crippen LogP contribution is -2.45. The Morgan fingerprint density at radius 3 is 2.53 bits per heavy atom. The number of methoxy groups -OCH3 is 1. The summed E-state index contributed by atoms with van der Waals surface area (Å²) in [6, 6.07) is 13.7. The smallest absolute Gasteiger partial charge is 0.337 e. The molecule has 0 radical (unpaired) electrons. The third-order valence-electron chi connectivity index (χ3n) is 6.46. The summed E-state index contributed by atoms with van der Waals surface area (Å²) in [6.07, 6.45) is 0.326. The Morgan fingerprint density at radius 2 is 1.84 bits per heavy atom. The minimum absolute atomic E-state index is 0.0542. The van der Waals surface area contributed by atoms with E-state index >= 15 is 0 Å². The van der Waals surface area contributed by atoms with E-state index in [9.17, 15) is 19.1 Å². The highest BCUT2D eigenvalue weighted by molar-refractivity contribution is 9.11. The number of hydrazone groups is 1. The standard InChI is InChI=1S/C31H31Br2FN4O7/c1-4-43-25-13-19(28-27(30(40)42-3)17(2)36-31(41)37-28)9-10-24(25)44-16-26(39)38-35-14-18-11-21(32)29(22(33)12-18)45-15-20-7-5-6-8-23(20)34/h5-14,26,28,38-39H,4,15-16H2,1-3H3,(H2,36,37,41)/b35-14-/t26-,28+/m1/s1. The molecule has 0 saturated heterocycles. The molecule has 4 N–H and O–H groups in total. The van der Waals surface area contributed by atoms with Crippen molar-refractivity contribution in [2.24, 2.45) is 5.10 Å². The number of nitrogens with zero attached hydrogens (tertiary/aromatic N) is 1. The number of nitrogens with one attached hydrogen (secondary N) is 3. The van der Waals surface area contributed by atoms with Crippen LogP contribution >= 0.6 is 31.9 Å². The summed E-state index contributed by atoms with van der Waals surface area (Å²) in [6.45, 7) is 3.62. The SMILES string of the molecule is CCOc1cc([C@@H]2NC(=O)NC(C)=C2C(=O)OC)ccc1OC[C@@H](O)N/N=C\c1cc(Br)c(OCc2ccccc2F)c(Br)c1. The van der Waals surface area contributed by atoms with Crippen LogP contribution in [0, 0.1) is 5.82 Å². The number of urea groups is 1. The Balaban J connectivity index is 1.37. The van der Waals surface area contributed by atoms with Gasteiger partial charge < -0.3 is 34.7 Å². The van der Waals surface area contributed by atoms with Gasteiger partial charge in [0, 0.05) is 11.3 Å². The number of carbonyl (C=O) groups is 2. The summed E-state index contributed by atoms with van der Waals surface area (Å²) in [5.41, 5.74) is 4.93. The van der Waals surface area contributed by atoms with Crippen molar-refractivity contribution in [2.45, 2.75) is 32.7 Å². The molecule has 14 heteroatoms. The Bertz CT molecular complexity index is 1600. The van der Waals surface area contributed by atoms with Crippen LogP contribution in [-0.4, -0.2) is 49.9 Å². The summed E-state index contributed by atoms with van der Waals surface area (Å²) in [5.74, 6) is 0.268. The van der Waals surface area contributed by atoms with Crippen LogP contribution in [0.25, 0.3) is 0 Å². The van der Waals surface area contributed by atoms with Crippen molar-refractivity contribution >= 4 is 50.1 Å². The number of allylic oxidation sites excluding steroid dienone is 1. The highest BCUT2D eigenvalue weighted by Crippen LogP contribution is 2.36. The van der Waals surface area contributed by atoms with Gasteiger partial charge in [-0.1, -0.05) is 24.3 Å². The minimum Gasteiger partial charge on any atom is -0.490 e. The van der Waals surface area contributed by atoms with Crippen molar-refractivity contribution < 1.29 is 38.0 Å². The molecule has 3 aromatic carbocycles. The number of benzene rings is 3. The maximum atomic E-state index is 13.9. The van der Waals surface area contributed by atoms with Crippen LogP contribution in [-0.2, 0) is 16.1 Å². The molecule has 1 aliphatic heterocycles.